The van der Waals surface area contributed by atoms with Crippen LogP contribution in [-0.4, -0.2) is 43.0 Å². The van der Waals surface area contributed by atoms with Gasteiger partial charge >= 0.3 is 6.18 Å². The third-order valence-electron chi connectivity index (χ3n) is 3.28. The quantitative estimate of drug-likeness (QED) is 0.804. The van der Waals surface area contributed by atoms with E-state index in [0.29, 0.717) is 0 Å². The summed E-state index contributed by atoms with van der Waals surface area (Å²) in [5.74, 6) is 0. The van der Waals surface area contributed by atoms with Gasteiger partial charge in [0.1, 0.15) is 0 Å². The second-order valence-electron chi connectivity index (χ2n) is 4.77. The zero-order valence-electron chi connectivity index (χ0n) is 10.4. The van der Waals surface area contributed by atoms with E-state index in [4.69, 9.17) is 0 Å². The molecule has 100 valence electrons. The number of nitrogens with zero attached hydrogens (tertiary/aromatic N) is 2. The van der Waals surface area contributed by atoms with E-state index >= 15 is 0 Å². The van der Waals surface area contributed by atoms with Crippen molar-refractivity contribution in [2.45, 2.75) is 12.7 Å². The van der Waals surface area contributed by atoms with E-state index in [1.165, 1.54) is 0 Å². The molecule has 2 nitrogen and oxygen atoms in total. The lowest BCUT2D eigenvalue weighted by molar-refractivity contribution is -0.137. The zero-order chi connectivity index (χ0) is 13.2. The molecule has 5 heteroatoms. The first kappa shape index (κ1) is 13.4. The maximum atomic E-state index is 12.4. The minimum atomic E-state index is -4.24. The summed E-state index contributed by atoms with van der Waals surface area (Å²) >= 11 is 0. The highest BCUT2D eigenvalue weighted by Crippen LogP contribution is 2.29. The van der Waals surface area contributed by atoms with Gasteiger partial charge in [0.25, 0.3) is 0 Å². The molecule has 0 aromatic heterocycles. The van der Waals surface area contributed by atoms with E-state index in [1.54, 1.807) is 12.1 Å². The van der Waals surface area contributed by atoms with Crippen LogP contribution in [-0.2, 0) is 12.7 Å². The number of likely N-dealkylation sites (N-methyl/N-ethyl adjacent to an activating group) is 1. The molecule has 0 spiro atoms. The predicted octanol–water partition coefficient (Wildman–Crippen LogP) is 2.45. The molecule has 1 aromatic rings. The molecule has 2 rings (SSSR count). The van der Waals surface area contributed by atoms with Crippen molar-refractivity contribution in [3.63, 3.8) is 0 Å². The molecule has 0 unspecified atom stereocenters. The predicted molar refractivity (Wildman–Crippen MR) is 64.2 cm³/mol. The number of benzene rings is 1. The van der Waals surface area contributed by atoms with Crippen molar-refractivity contribution in [2.75, 3.05) is 33.2 Å². The van der Waals surface area contributed by atoms with E-state index in [1.807, 2.05) is 0 Å². The van der Waals surface area contributed by atoms with E-state index in [9.17, 15) is 13.2 Å². The largest absolute Gasteiger partial charge is 0.416 e. The van der Waals surface area contributed by atoms with Crippen molar-refractivity contribution < 1.29 is 13.2 Å². The fourth-order valence-corrected chi connectivity index (χ4v) is 2.06. The number of hydrogen-bond acceptors (Lipinski definition) is 2. The maximum Gasteiger partial charge on any atom is 0.416 e. The van der Waals surface area contributed by atoms with Crippen molar-refractivity contribution in [2.24, 2.45) is 0 Å². The summed E-state index contributed by atoms with van der Waals surface area (Å²) in [4.78, 5) is 4.52. The van der Waals surface area contributed by atoms with Crippen molar-refractivity contribution in [3.8, 4) is 0 Å². The van der Waals surface area contributed by atoms with Crippen molar-refractivity contribution in [1.82, 2.24) is 9.80 Å². The number of halogens is 3. The lowest BCUT2D eigenvalue weighted by atomic mass is 10.1. The highest BCUT2D eigenvalue weighted by molar-refractivity contribution is 5.24. The molecule has 1 aliphatic rings. The second-order valence-corrected chi connectivity index (χ2v) is 4.77. The van der Waals surface area contributed by atoms with Crippen LogP contribution in [0, 0.1) is 0 Å². The Hall–Kier alpha value is -1.07. The Morgan fingerprint density at radius 2 is 1.56 bits per heavy atom. The Labute approximate surface area is 105 Å². The highest BCUT2D eigenvalue weighted by Gasteiger charge is 2.29. The molecular formula is C13H17F3N2. The molecule has 18 heavy (non-hydrogen) atoms. The first-order chi connectivity index (χ1) is 8.45. The van der Waals surface area contributed by atoms with Crippen molar-refractivity contribution in [3.05, 3.63) is 35.4 Å². The summed E-state index contributed by atoms with van der Waals surface area (Å²) in [6, 6.07) is 5.46. The van der Waals surface area contributed by atoms with Gasteiger partial charge in [0.05, 0.1) is 5.56 Å². The highest BCUT2D eigenvalue weighted by atomic mass is 19.4. The normalized spacial score (nSPS) is 19.1. The maximum absolute atomic E-state index is 12.4. The molecule has 1 saturated heterocycles. The summed E-state index contributed by atoms with van der Waals surface area (Å²) in [5, 5.41) is 0. The molecule has 0 N–H and O–H groups in total. The minimum absolute atomic E-state index is 0.579. The van der Waals surface area contributed by atoms with Gasteiger partial charge in [-0.05, 0) is 24.7 Å². The van der Waals surface area contributed by atoms with Gasteiger partial charge in [-0.2, -0.15) is 13.2 Å². The molecular weight excluding hydrogens is 241 g/mol. The Morgan fingerprint density at radius 1 is 1.00 bits per heavy atom. The third kappa shape index (κ3) is 3.46. The van der Waals surface area contributed by atoms with Crippen LogP contribution in [0.2, 0.25) is 0 Å². The molecule has 1 aliphatic heterocycles. The van der Waals surface area contributed by atoms with Gasteiger partial charge in [-0.25, -0.2) is 0 Å². The average molecular weight is 258 g/mol. The summed E-state index contributed by atoms with van der Waals surface area (Å²) in [6.45, 7) is 4.70. The van der Waals surface area contributed by atoms with Crippen LogP contribution in [0.15, 0.2) is 24.3 Å². The zero-order valence-corrected chi connectivity index (χ0v) is 10.4. The number of hydrogen-bond donors (Lipinski definition) is 0. The van der Waals surface area contributed by atoms with Crippen molar-refractivity contribution in [1.29, 1.82) is 0 Å². The van der Waals surface area contributed by atoms with Crippen LogP contribution in [0.1, 0.15) is 11.1 Å². The molecule has 1 fully saturated rings. The van der Waals surface area contributed by atoms with Crippen LogP contribution in [0.3, 0.4) is 0 Å². The van der Waals surface area contributed by atoms with E-state index in [2.05, 4.69) is 16.8 Å². The number of rotatable bonds is 2. The standard InChI is InChI=1S/C13H17F3N2/c1-17-6-8-18(9-7-17)10-11-2-4-12(5-3-11)13(14,15)16/h2-5H,6-10H2,1H3. The monoisotopic (exact) mass is 258 g/mol. The number of piperazine rings is 1. The fraction of sp³-hybridized carbons (Fsp3) is 0.538. The molecule has 0 bridgehead atoms. The van der Waals surface area contributed by atoms with E-state index in [0.717, 1.165) is 50.4 Å². The molecule has 1 heterocycles. The van der Waals surface area contributed by atoms with E-state index < -0.39 is 11.7 Å². The van der Waals surface area contributed by atoms with Crippen LogP contribution in [0.5, 0.6) is 0 Å². The Morgan fingerprint density at radius 3 is 2.06 bits per heavy atom. The van der Waals surface area contributed by atoms with Gasteiger partial charge in [-0.1, -0.05) is 12.1 Å². The fourth-order valence-electron chi connectivity index (χ4n) is 2.06. The van der Waals surface area contributed by atoms with Gasteiger partial charge in [-0.3, -0.25) is 4.90 Å². The second kappa shape index (κ2) is 5.28. The van der Waals surface area contributed by atoms with Gasteiger partial charge in [0.2, 0.25) is 0 Å². The number of alkyl halides is 3. The third-order valence-corrected chi connectivity index (χ3v) is 3.28. The smallest absolute Gasteiger partial charge is 0.304 e. The van der Waals surface area contributed by atoms with Crippen LogP contribution in [0.25, 0.3) is 0 Å². The Bertz CT molecular complexity index is 378. The van der Waals surface area contributed by atoms with E-state index in [-0.39, 0.29) is 0 Å². The van der Waals surface area contributed by atoms with Crippen LogP contribution >= 0.6 is 0 Å². The Kier molecular flexibility index (Phi) is 3.92. The van der Waals surface area contributed by atoms with Crippen LogP contribution in [0.4, 0.5) is 13.2 Å². The summed E-state index contributed by atoms with van der Waals surface area (Å²) < 4.78 is 37.2. The first-order valence-electron chi connectivity index (χ1n) is 6.02. The molecule has 0 radical (unpaired) electrons. The van der Waals surface area contributed by atoms with Gasteiger partial charge < -0.3 is 4.90 Å². The molecule has 0 aliphatic carbocycles. The summed E-state index contributed by atoms with van der Waals surface area (Å²) in [7, 11) is 2.08. The van der Waals surface area contributed by atoms with Gasteiger partial charge in [-0.15, -0.1) is 0 Å². The Balaban J connectivity index is 1.94. The summed E-state index contributed by atoms with van der Waals surface area (Å²) in [6.07, 6.45) is -4.24. The molecule has 0 saturated carbocycles. The van der Waals surface area contributed by atoms with Crippen molar-refractivity contribution >= 4 is 0 Å². The first-order valence-corrected chi connectivity index (χ1v) is 6.02. The van der Waals surface area contributed by atoms with Gasteiger partial charge in [0.15, 0.2) is 0 Å². The lowest BCUT2D eigenvalue weighted by Gasteiger charge is -2.32. The van der Waals surface area contributed by atoms with Gasteiger partial charge in [0, 0.05) is 32.7 Å². The molecule has 1 aromatic carbocycles. The average Bonchev–Trinajstić information content (AvgIpc) is 2.32. The lowest BCUT2D eigenvalue weighted by Crippen LogP contribution is -2.43. The molecule has 0 amide bonds. The SMILES string of the molecule is CN1CCN(Cc2ccc(C(F)(F)F)cc2)CC1. The molecule has 0 atom stereocenters. The summed E-state index contributed by atoms with van der Waals surface area (Å²) in [5.41, 5.74) is 0.359. The topological polar surface area (TPSA) is 6.48 Å². The minimum Gasteiger partial charge on any atom is -0.304 e. The van der Waals surface area contributed by atoms with Crippen LogP contribution < -0.4 is 0 Å².